The van der Waals surface area contributed by atoms with Gasteiger partial charge in [0.25, 0.3) is 0 Å². The Morgan fingerprint density at radius 1 is 1.24 bits per heavy atom. The van der Waals surface area contributed by atoms with Crippen LogP contribution in [0.2, 0.25) is 0 Å². The van der Waals surface area contributed by atoms with Crippen molar-refractivity contribution >= 4 is 11.8 Å². The lowest BCUT2D eigenvalue weighted by Gasteiger charge is -2.04. The molecule has 17 heavy (non-hydrogen) atoms. The first-order chi connectivity index (χ1) is 8.38. The van der Waals surface area contributed by atoms with Crippen molar-refractivity contribution in [3.63, 3.8) is 0 Å². The van der Waals surface area contributed by atoms with E-state index in [1.807, 2.05) is 30.0 Å². The maximum atomic E-state index is 8.71. The summed E-state index contributed by atoms with van der Waals surface area (Å²) in [5.41, 5.74) is 2.32. The third-order valence-corrected chi connectivity index (χ3v) is 3.56. The highest BCUT2D eigenvalue weighted by Gasteiger charge is 1.99. The normalized spacial score (nSPS) is 9.76. The third-order valence-electron chi connectivity index (χ3n) is 2.47. The van der Waals surface area contributed by atoms with E-state index in [0.717, 1.165) is 11.3 Å². The van der Waals surface area contributed by atoms with E-state index in [-0.39, 0.29) is 6.61 Å². The summed E-state index contributed by atoms with van der Waals surface area (Å²) >= 11 is 1.96. The minimum atomic E-state index is -0.0715. The second-order valence-corrected chi connectivity index (χ2v) is 4.98. The summed E-state index contributed by atoms with van der Waals surface area (Å²) in [4.78, 5) is 0. The van der Waals surface area contributed by atoms with Gasteiger partial charge >= 0.3 is 0 Å². The number of aliphatic hydroxyl groups excluding tert-OH is 1. The van der Waals surface area contributed by atoms with Crippen LogP contribution in [0.15, 0.2) is 24.3 Å². The largest absolute Gasteiger partial charge is 0.384 e. The van der Waals surface area contributed by atoms with Gasteiger partial charge in [-0.2, -0.15) is 11.8 Å². The molecule has 0 amide bonds. The lowest BCUT2D eigenvalue weighted by atomic mass is 10.1. The summed E-state index contributed by atoms with van der Waals surface area (Å²) in [5, 5.41) is 8.71. The van der Waals surface area contributed by atoms with Crippen LogP contribution in [0.5, 0.6) is 0 Å². The van der Waals surface area contributed by atoms with Gasteiger partial charge in [0.2, 0.25) is 0 Å². The average molecular weight is 248 g/mol. The van der Waals surface area contributed by atoms with Crippen LogP contribution in [0, 0.1) is 11.8 Å². The number of unbranched alkanes of at least 4 members (excludes halogenated alkanes) is 2. The molecule has 0 aliphatic carbocycles. The fraction of sp³-hybridized carbons (Fsp3) is 0.467. The molecule has 0 aliphatic heterocycles. The van der Waals surface area contributed by atoms with Crippen LogP contribution < -0.4 is 0 Å². The average Bonchev–Trinajstić information content (AvgIpc) is 2.37. The number of hydrogen-bond acceptors (Lipinski definition) is 2. The molecule has 0 atom stereocenters. The van der Waals surface area contributed by atoms with Crippen molar-refractivity contribution in [2.45, 2.75) is 31.9 Å². The lowest BCUT2D eigenvalue weighted by Crippen LogP contribution is -1.89. The van der Waals surface area contributed by atoms with Crippen LogP contribution in [-0.2, 0) is 5.75 Å². The zero-order valence-electron chi connectivity index (χ0n) is 10.4. The molecule has 0 unspecified atom stereocenters. The Labute approximate surface area is 109 Å². The highest BCUT2D eigenvalue weighted by atomic mass is 32.2. The molecule has 1 aromatic rings. The molecule has 1 nitrogen and oxygen atoms in total. The Morgan fingerprint density at radius 3 is 2.82 bits per heavy atom. The molecule has 1 N–H and O–H groups in total. The van der Waals surface area contributed by atoms with Crippen molar-refractivity contribution in [2.75, 3.05) is 12.4 Å². The highest BCUT2D eigenvalue weighted by Crippen LogP contribution is 2.17. The number of rotatable bonds is 6. The first-order valence-electron chi connectivity index (χ1n) is 6.14. The summed E-state index contributed by atoms with van der Waals surface area (Å²) < 4.78 is 0. The number of aliphatic hydroxyl groups is 1. The molecule has 0 bridgehead atoms. The van der Waals surface area contributed by atoms with Gasteiger partial charge in [0.05, 0.1) is 0 Å². The monoisotopic (exact) mass is 248 g/mol. The van der Waals surface area contributed by atoms with Crippen molar-refractivity contribution in [2.24, 2.45) is 0 Å². The molecule has 0 aromatic heterocycles. The Morgan fingerprint density at radius 2 is 2.06 bits per heavy atom. The van der Waals surface area contributed by atoms with E-state index in [1.165, 1.54) is 30.6 Å². The van der Waals surface area contributed by atoms with E-state index in [1.54, 1.807) is 0 Å². The van der Waals surface area contributed by atoms with E-state index < -0.39 is 0 Å². The topological polar surface area (TPSA) is 20.2 Å². The Kier molecular flexibility index (Phi) is 7.62. The summed E-state index contributed by atoms with van der Waals surface area (Å²) in [7, 11) is 0. The molecule has 0 fully saturated rings. The van der Waals surface area contributed by atoms with Crippen molar-refractivity contribution in [3.8, 4) is 11.8 Å². The molecule has 0 aliphatic rings. The quantitative estimate of drug-likeness (QED) is 0.614. The van der Waals surface area contributed by atoms with E-state index in [4.69, 9.17) is 5.11 Å². The van der Waals surface area contributed by atoms with Crippen molar-refractivity contribution < 1.29 is 5.11 Å². The van der Waals surface area contributed by atoms with Gasteiger partial charge in [-0.25, -0.2) is 0 Å². The maximum absolute atomic E-state index is 8.71. The third kappa shape index (κ3) is 5.81. The first kappa shape index (κ1) is 14.2. The summed E-state index contributed by atoms with van der Waals surface area (Å²) in [6.07, 6.45) is 3.89. The van der Waals surface area contributed by atoms with Gasteiger partial charge in [0.15, 0.2) is 0 Å². The first-order valence-corrected chi connectivity index (χ1v) is 7.29. The minimum absolute atomic E-state index is 0.0715. The molecular weight excluding hydrogens is 228 g/mol. The molecule has 92 valence electrons. The molecule has 1 rings (SSSR count). The van der Waals surface area contributed by atoms with Gasteiger partial charge in [-0.1, -0.05) is 49.8 Å². The Balaban J connectivity index is 2.46. The van der Waals surface area contributed by atoms with Gasteiger partial charge in [0.1, 0.15) is 6.61 Å². The lowest BCUT2D eigenvalue weighted by molar-refractivity contribution is 0.350. The van der Waals surface area contributed by atoms with Gasteiger partial charge < -0.3 is 5.11 Å². The van der Waals surface area contributed by atoms with Crippen LogP contribution >= 0.6 is 11.8 Å². The van der Waals surface area contributed by atoms with Gasteiger partial charge in [-0.3, -0.25) is 0 Å². The van der Waals surface area contributed by atoms with Crippen molar-refractivity contribution in [3.05, 3.63) is 35.4 Å². The smallest absolute Gasteiger partial charge is 0.104 e. The molecule has 2 heteroatoms. The van der Waals surface area contributed by atoms with Crippen molar-refractivity contribution in [1.82, 2.24) is 0 Å². The van der Waals surface area contributed by atoms with E-state index in [2.05, 4.69) is 24.8 Å². The molecule has 1 aromatic carbocycles. The van der Waals surface area contributed by atoms with Crippen LogP contribution in [0.4, 0.5) is 0 Å². The molecule has 0 heterocycles. The van der Waals surface area contributed by atoms with Crippen LogP contribution in [0.3, 0.4) is 0 Å². The Hall–Kier alpha value is -0.910. The molecular formula is C15H20OS. The van der Waals surface area contributed by atoms with Crippen LogP contribution in [0.25, 0.3) is 0 Å². The molecule has 0 saturated heterocycles. The van der Waals surface area contributed by atoms with Crippen LogP contribution in [-0.4, -0.2) is 17.5 Å². The van der Waals surface area contributed by atoms with Gasteiger partial charge in [0, 0.05) is 11.3 Å². The fourth-order valence-electron chi connectivity index (χ4n) is 1.54. The summed E-state index contributed by atoms with van der Waals surface area (Å²) in [6.45, 7) is 2.16. The standard InChI is InChI=1S/C15H20OS/c1-2-3-6-12-17-13-15-9-5-4-8-14(15)10-7-11-16/h4-5,8-9,16H,2-3,6,11-13H2,1H3. The fourth-order valence-corrected chi connectivity index (χ4v) is 2.56. The van der Waals surface area contributed by atoms with Gasteiger partial charge in [-0.05, 0) is 23.8 Å². The van der Waals surface area contributed by atoms with E-state index in [0.29, 0.717) is 0 Å². The number of thioether (sulfide) groups is 1. The number of hydrogen-bond donors (Lipinski definition) is 1. The van der Waals surface area contributed by atoms with Crippen LogP contribution in [0.1, 0.15) is 37.3 Å². The second-order valence-electron chi connectivity index (χ2n) is 3.88. The second kappa shape index (κ2) is 9.15. The minimum Gasteiger partial charge on any atom is -0.384 e. The summed E-state index contributed by atoms with van der Waals surface area (Å²) in [5.74, 6) is 7.95. The molecule has 0 radical (unpaired) electrons. The van der Waals surface area contributed by atoms with E-state index >= 15 is 0 Å². The van der Waals surface area contributed by atoms with Gasteiger partial charge in [-0.15, -0.1) is 0 Å². The molecule has 0 saturated carbocycles. The molecule has 0 spiro atoms. The van der Waals surface area contributed by atoms with Crippen molar-refractivity contribution in [1.29, 1.82) is 0 Å². The Bertz CT molecular complexity index is 376. The zero-order chi connectivity index (χ0) is 12.3. The summed E-state index contributed by atoms with van der Waals surface area (Å²) in [6, 6.07) is 8.18. The van der Waals surface area contributed by atoms with E-state index in [9.17, 15) is 0 Å². The SMILES string of the molecule is CCCCCSCc1ccccc1C#CCO. The zero-order valence-corrected chi connectivity index (χ0v) is 11.2. The maximum Gasteiger partial charge on any atom is 0.104 e. The number of benzene rings is 1. The highest BCUT2D eigenvalue weighted by molar-refractivity contribution is 7.98. The predicted octanol–water partition coefficient (Wildman–Crippen LogP) is 3.45. The predicted molar refractivity (Wildman–Crippen MR) is 76.1 cm³/mol.